The molecule has 0 saturated carbocycles. The predicted molar refractivity (Wildman–Crippen MR) is 151 cm³/mol. The molecule has 0 aliphatic heterocycles. The van der Waals surface area contributed by atoms with E-state index in [1.165, 1.54) is 53.4 Å². The molecule has 0 radical (unpaired) electrons. The molecule has 3 rings (SSSR count). The van der Waals surface area contributed by atoms with Crippen LogP contribution in [0.25, 0.3) is 0 Å². The Morgan fingerprint density at radius 2 is 1.59 bits per heavy atom. The number of sulfonamides is 1. The van der Waals surface area contributed by atoms with Crippen molar-refractivity contribution in [1.82, 2.24) is 10.2 Å². The normalized spacial score (nSPS) is 12.9. The van der Waals surface area contributed by atoms with Crippen LogP contribution in [0, 0.1) is 12.7 Å². The maximum absolute atomic E-state index is 13.9. The molecule has 3 aromatic carbocycles. The number of hydrogen-bond acceptors (Lipinski definition) is 4. The third-order valence-electron chi connectivity index (χ3n) is 6.50. The van der Waals surface area contributed by atoms with Crippen LogP contribution in [0.5, 0.6) is 0 Å². The van der Waals surface area contributed by atoms with Gasteiger partial charge in [0.05, 0.1) is 10.6 Å². The zero-order valence-electron chi connectivity index (χ0n) is 22.4. The van der Waals surface area contributed by atoms with Gasteiger partial charge in [0.15, 0.2) is 0 Å². The highest BCUT2D eigenvalue weighted by Gasteiger charge is 2.33. The van der Waals surface area contributed by atoms with E-state index < -0.39 is 34.3 Å². The number of nitrogens with one attached hydrogen (secondary N) is 1. The summed E-state index contributed by atoms with van der Waals surface area (Å²) in [6.07, 6.45) is 0.699. The van der Waals surface area contributed by atoms with Gasteiger partial charge in [0.25, 0.3) is 10.0 Å². The number of rotatable bonds is 11. The van der Waals surface area contributed by atoms with Gasteiger partial charge >= 0.3 is 0 Å². The van der Waals surface area contributed by atoms with Gasteiger partial charge in [0.2, 0.25) is 11.8 Å². The molecule has 2 atom stereocenters. The first-order valence-corrected chi connectivity index (χ1v) is 14.4. The van der Waals surface area contributed by atoms with Crippen molar-refractivity contribution in [3.05, 3.63) is 94.8 Å². The number of amides is 2. The van der Waals surface area contributed by atoms with Gasteiger partial charge in [-0.05, 0) is 80.8 Å². The summed E-state index contributed by atoms with van der Waals surface area (Å²) in [5, 5.41) is 3.25. The molecule has 7 nitrogen and oxygen atoms in total. The smallest absolute Gasteiger partial charge is 0.264 e. The molecule has 0 spiro atoms. The second-order valence-electron chi connectivity index (χ2n) is 9.39. The highest BCUT2D eigenvalue weighted by Crippen LogP contribution is 2.28. The molecule has 0 unspecified atom stereocenters. The van der Waals surface area contributed by atoms with E-state index in [2.05, 4.69) is 5.32 Å². The molecule has 1 N–H and O–H groups in total. The molecule has 0 aromatic heterocycles. The van der Waals surface area contributed by atoms with Gasteiger partial charge in [-0.2, -0.15) is 0 Å². The van der Waals surface area contributed by atoms with Crippen LogP contribution in [-0.2, 0) is 26.2 Å². The molecule has 39 heavy (non-hydrogen) atoms. The number of nitrogens with zero attached hydrogens (tertiary/aromatic N) is 2. The fraction of sp³-hybridized carbons (Fsp3) is 0.310. The third-order valence-corrected chi connectivity index (χ3v) is 8.53. The van der Waals surface area contributed by atoms with E-state index in [0.717, 1.165) is 4.31 Å². The van der Waals surface area contributed by atoms with Crippen molar-refractivity contribution in [3.63, 3.8) is 0 Å². The average molecular weight is 574 g/mol. The van der Waals surface area contributed by atoms with Crippen molar-refractivity contribution in [2.45, 2.75) is 57.6 Å². The minimum atomic E-state index is -4.19. The number of hydrogen-bond donors (Lipinski definition) is 1. The van der Waals surface area contributed by atoms with Crippen LogP contribution in [0.3, 0.4) is 0 Å². The summed E-state index contributed by atoms with van der Waals surface area (Å²) >= 11 is 5.98. The Balaban J connectivity index is 2.03. The first kappa shape index (κ1) is 30.1. The van der Waals surface area contributed by atoms with Gasteiger partial charge in [-0.15, -0.1) is 0 Å². The standard InChI is InChI=1S/C29H33ClFN3O4S/c1-5-21(3)32-29(36)22(4)33(18-23-10-14-25(31)15-11-23)28(35)19-34(27-9-7-6-8-20(27)2)39(37,38)26-16-12-24(30)13-17-26/h6-17,21-22H,5,18-19H2,1-4H3,(H,32,36)/t21-,22+/m1/s1. The maximum Gasteiger partial charge on any atom is 0.264 e. The van der Waals surface area contributed by atoms with Crippen molar-refractivity contribution in [3.8, 4) is 0 Å². The predicted octanol–water partition coefficient (Wildman–Crippen LogP) is 5.31. The SMILES string of the molecule is CC[C@@H](C)NC(=O)[C@H](C)N(Cc1ccc(F)cc1)C(=O)CN(c1ccccc1C)S(=O)(=O)c1ccc(Cl)cc1. The zero-order valence-corrected chi connectivity index (χ0v) is 24.0. The van der Waals surface area contributed by atoms with E-state index in [4.69, 9.17) is 11.6 Å². The molecule has 0 fully saturated rings. The number of benzene rings is 3. The highest BCUT2D eigenvalue weighted by atomic mass is 35.5. The number of carbonyl (C=O) groups excluding carboxylic acids is 2. The Bertz CT molecular complexity index is 1400. The van der Waals surface area contributed by atoms with Crippen LogP contribution in [0.1, 0.15) is 38.3 Å². The van der Waals surface area contributed by atoms with E-state index in [-0.39, 0.29) is 23.4 Å². The average Bonchev–Trinajstić information content (AvgIpc) is 2.91. The van der Waals surface area contributed by atoms with Crippen molar-refractivity contribution >= 4 is 39.1 Å². The van der Waals surface area contributed by atoms with Crippen LogP contribution in [0.15, 0.2) is 77.7 Å². The van der Waals surface area contributed by atoms with E-state index >= 15 is 0 Å². The second-order valence-corrected chi connectivity index (χ2v) is 11.7. The molecule has 0 aliphatic rings. The Labute approximate surface area is 234 Å². The summed E-state index contributed by atoms with van der Waals surface area (Å²) in [5.41, 5.74) is 1.57. The lowest BCUT2D eigenvalue weighted by Gasteiger charge is -2.33. The Morgan fingerprint density at radius 1 is 0.974 bits per heavy atom. The van der Waals surface area contributed by atoms with Gasteiger partial charge in [0.1, 0.15) is 18.4 Å². The lowest BCUT2D eigenvalue weighted by molar-refractivity contribution is -0.139. The van der Waals surface area contributed by atoms with Gasteiger partial charge < -0.3 is 10.2 Å². The fourth-order valence-corrected chi connectivity index (χ4v) is 5.53. The summed E-state index contributed by atoms with van der Waals surface area (Å²) in [7, 11) is -4.19. The van der Waals surface area contributed by atoms with E-state index in [1.54, 1.807) is 38.1 Å². The first-order valence-electron chi connectivity index (χ1n) is 12.6. The van der Waals surface area contributed by atoms with Crippen molar-refractivity contribution in [2.75, 3.05) is 10.8 Å². The number of para-hydroxylation sites is 1. The van der Waals surface area contributed by atoms with E-state index in [1.807, 2.05) is 13.8 Å². The van der Waals surface area contributed by atoms with Crippen molar-refractivity contribution < 1.29 is 22.4 Å². The van der Waals surface area contributed by atoms with Crippen molar-refractivity contribution in [2.24, 2.45) is 0 Å². The van der Waals surface area contributed by atoms with Gasteiger partial charge in [-0.25, -0.2) is 12.8 Å². The molecule has 10 heteroatoms. The highest BCUT2D eigenvalue weighted by molar-refractivity contribution is 7.92. The third kappa shape index (κ3) is 7.58. The van der Waals surface area contributed by atoms with E-state index in [0.29, 0.717) is 28.3 Å². The molecule has 208 valence electrons. The van der Waals surface area contributed by atoms with Crippen LogP contribution in [0.2, 0.25) is 5.02 Å². The number of halogens is 2. The van der Waals surface area contributed by atoms with Crippen LogP contribution in [-0.4, -0.2) is 43.8 Å². The van der Waals surface area contributed by atoms with Crippen LogP contribution >= 0.6 is 11.6 Å². The van der Waals surface area contributed by atoms with Crippen LogP contribution < -0.4 is 9.62 Å². The zero-order chi connectivity index (χ0) is 28.7. The Morgan fingerprint density at radius 3 is 2.18 bits per heavy atom. The summed E-state index contributed by atoms with van der Waals surface area (Å²) in [4.78, 5) is 28.2. The monoisotopic (exact) mass is 573 g/mol. The quantitative estimate of drug-likeness (QED) is 0.337. The summed E-state index contributed by atoms with van der Waals surface area (Å²) in [6.45, 7) is 6.55. The van der Waals surface area contributed by atoms with Crippen LogP contribution in [0.4, 0.5) is 10.1 Å². The topological polar surface area (TPSA) is 86.8 Å². The molecular formula is C29H33ClFN3O4S. The molecule has 0 bridgehead atoms. The molecule has 0 aliphatic carbocycles. The maximum atomic E-state index is 13.9. The molecular weight excluding hydrogens is 541 g/mol. The number of aryl methyl sites for hydroxylation is 1. The molecule has 0 saturated heterocycles. The Hall–Kier alpha value is -3.43. The molecule has 0 heterocycles. The van der Waals surface area contributed by atoms with Gasteiger partial charge in [-0.3, -0.25) is 13.9 Å². The van der Waals surface area contributed by atoms with Gasteiger partial charge in [0, 0.05) is 17.6 Å². The summed E-state index contributed by atoms with van der Waals surface area (Å²) in [6, 6.07) is 17.1. The van der Waals surface area contributed by atoms with Gasteiger partial charge in [-0.1, -0.05) is 48.9 Å². The van der Waals surface area contributed by atoms with Crippen molar-refractivity contribution in [1.29, 1.82) is 0 Å². The number of anilines is 1. The minimum Gasteiger partial charge on any atom is -0.352 e. The number of carbonyl (C=O) groups is 2. The largest absolute Gasteiger partial charge is 0.352 e. The Kier molecular flexibility index (Phi) is 10.1. The lowest BCUT2D eigenvalue weighted by Crippen LogP contribution is -2.52. The molecule has 3 aromatic rings. The summed E-state index contributed by atoms with van der Waals surface area (Å²) in [5.74, 6) is -1.39. The second kappa shape index (κ2) is 13.1. The molecule has 2 amide bonds. The lowest BCUT2D eigenvalue weighted by atomic mass is 10.1. The van der Waals surface area contributed by atoms with E-state index in [9.17, 15) is 22.4 Å². The minimum absolute atomic E-state index is 0.0171. The fourth-order valence-electron chi connectivity index (χ4n) is 3.93. The first-order chi connectivity index (χ1) is 18.4. The summed E-state index contributed by atoms with van der Waals surface area (Å²) < 4.78 is 42.2.